The molecule has 0 spiro atoms. The number of aromatic nitrogens is 1. The van der Waals surface area contributed by atoms with E-state index < -0.39 is 11.8 Å². The van der Waals surface area contributed by atoms with Gasteiger partial charge < -0.3 is 4.57 Å². The number of rotatable bonds is 2. The van der Waals surface area contributed by atoms with Crippen molar-refractivity contribution in [3.8, 4) is 0 Å². The first-order chi connectivity index (χ1) is 10.6. The monoisotopic (exact) mass is 311 g/mol. The van der Waals surface area contributed by atoms with Crippen molar-refractivity contribution in [3.63, 3.8) is 0 Å². The van der Waals surface area contributed by atoms with Crippen LogP contribution in [0.25, 0.3) is 6.08 Å². The van der Waals surface area contributed by atoms with Crippen LogP contribution in [-0.2, 0) is 16.6 Å². The summed E-state index contributed by atoms with van der Waals surface area (Å²) in [6.07, 6.45) is 5.24. The van der Waals surface area contributed by atoms with E-state index in [-0.39, 0.29) is 10.7 Å². The summed E-state index contributed by atoms with van der Waals surface area (Å²) in [4.78, 5) is 26.1. The molecule has 0 saturated carbocycles. The van der Waals surface area contributed by atoms with Gasteiger partial charge in [-0.05, 0) is 42.1 Å². The van der Waals surface area contributed by atoms with E-state index in [9.17, 15) is 9.59 Å². The Morgan fingerprint density at radius 1 is 1.14 bits per heavy atom. The first kappa shape index (κ1) is 14.2. The Balaban J connectivity index is 2.01. The lowest BCUT2D eigenvalue weighted by molar-refractivity contribution is -0.122. The number of hydrogen-bond donors (Lipinski definition) is 1. The quantitative estimate of drug-likeness (QED) is 0.523. The molecule has 1 N–H and O–H groups in total. The Morgan fingerprint density at radius 3 is 2.50 bits per heavy atom. The van der Waals surface area contributed by atoms with Crippen molar-refractivity contribution < 1.29 is 9.59 Å². The van der Waals surface area contributed by atoms with Crippen LogP contribution in [0.3, 0.4) is 0 Å². The summed E-state index contributed by atoms with van der Waals surface area (Å²) >= 11 is 5.13. The van der Waals surface area contributed by atoms with E-state index in [1.807, 2.05) is 48.3 Å². The normalized spacial score (nSPS) is 17.0. The number of nitrogens with zero attached hydrogens (tertiary/aromatic N) is 2. The number of carbonyl (C=O) groups is 2. The summed E-state index contributed by atoms with van der Waals surface area (Å²) in [7, 11) is 1.87. The van der Waals surface area contributed by atoms with Gasteiger partial charge in [-0.1, -0.05) is 18.2 Å². The van der Waals surface area contributed by atoms with Gasteiger partial charge in [-0.2, -0.15) is 0 Å². The van der Waals surface area contributed by atoms with E-state index >= 15 is 0 Å². The molecule has 1 aliphatic heterocycles. The van der Waals surface area contributed by atoms with Crippen LogP contribution < -0.4 is 10.2 Å². The highest BCUT2D eigenvalue weighted by Gasteiger charge is 2.34. The summed E-state index contributed by atoms with van der Waals surface area (Å²) in [6, 6.07) is 10.8. The molecule has 1 aromatic heterocycles. The average molecular weight is 311 g/mol. The zero-order chi connectivity index (χ0) is 15.7. The molecule has 0 aliphatic carbocycles. The van der Waals surface area contributed by atoms with E-state index in [0.717, 1.165) is 5.56 Å². The molecule has 2 amide bonds. The third-order valence-corrected chi connectivity index (χ3v) is 3.57. The number of amides is 2. The van der Waals surface area contributed by atoms with Crippen LogP contribution in [0.5, 0.6) is 0 Å². The van der Waals surface area contributed by atoms with E-state index in [4.69, 9.17) is 12.2 Å². The van der Waals surface area contributed by atoms with Crippen LogP contribution >= 0.6 is 12.2 Å². The minimum Gasteiger partial charge on any atom is -0.357 e. The van der Waals surface area contributed by atoms with Gasteiger partial charge in [-0.15, -0.1) is 0 Å². The molecule has 0 unspecified atom stereocenters. The van der Waals surface area contributed by atoms with E-state index in [2.05, 4.69) is 5.32 Å². The predicted molar refractivity (Wildman–Crippen MR) is 88.1 cm³/mol. The minimum absolute atomic E-state index is 0.0589. The highest BCUT2D eigenvalue weighted by molar-refractivity contribution is 7.80. The molecule has 6 heteroatoms. The Hall–Kier alpha value is -2.73. The molecule has 5 nitrogen and oxygen atoms in total. The third-order valence-electron chi connectivity index (χ3n) is 3.28. The molecule has 22 heavy (non-hydrogen) atoms. The summed E-state index contributed by atoms with van der Waals surface area (Å²) in [5.41, 5.74) is 1.46. The summed E-state index contributed by atoms with van der Waals surface area (Å²) in [5.74, 6) is -0.908. The zero-order valence-electron chi connectivity index (χ0n) is 11.8. The molecule has 0 bridgehead atoms. The van der Waals surface area contributed by atoms with Crippen LogP contribution in [0.1, 0.15) is 5.56 Å². The lowest BCUT2D eigenvalue weighted by atomic mass is 10.1. The first-order valence-electron chi connectivity index (χ1n) is 6.65. The van der Waals surface area contributed by atoms with Crippen LogP contribution in [-0.4, -0.2) is 21.5 Å². The van der Waals surface area contributed by atoms with Gasteiger partial charge in [0, 0.05) is 19.4 Å². The van der Waals surface area contributed by atoms with Gasteiger partial charge in [0.2, 0.25) is 0 Å². The van der Waals surface area contributed by atoms with Gasteiger partial charge >= 0.3 is 0 Å². The van der Waals surface area contributed by atoms with Crippen LogP contribution in [0.15, 0.2) is 54.4 Å². The van der Waals surface area contributed by atoms with Crippen molar-refractivity contribution >= 4 is 40.9 Å². The van der Waals surface area contributed by atoms with Crippen LogP contribution in [0, 0.1) is 0 Å². The number of thiocarbonyl (C=S) groups is 1. The second-order valence-corrected chi connectivity index (χ2v) is 5.29. The number of aryl methyl sites for hydroxylation is 1. The number of benzene rings is 1. The van der Waals surface area contributed by atoms with Crippen LogP contribution in [0.4, 0.5) is 5.69 Å². The Bertz CT molecular complexity index is 793. The number of anilines is 1. The van der Waals surface area contributed by atoms with E-state index in [0.29, 0.717) is 5.69 Å². The van der Waals surface area contributed by atoms with Gasteiger partial charge in [0.1, 0.15) is 5.57 Å². The van der Waals surface area contributed by atoms with Crippen molar-refractivity contribution in [1.82, 2.24) is 9.88 Å². The molecule has 1 saturated heterocycles. The predicted octanol–water partition coefficient (Wildman–Crippen LogP) is 1.86. The molecule has 1 aliphatic rings. The highest BCUT2D eigenvalue weighted by atomic mass is 32.1. The molecule has 1 aromatic carbocycles. The Morgan fingerprint density at radius 2 is 1.86 bits per heavy atom. The number of nitrogens with one attached hydrogen (secondary N) is 1. The second kappa shape index (κ2) is 5.57. The molecule has 3 rings (SSSR count). The van der Waals surface area contributed by atoms with E-state index in [1.54, 1.807) is 18.2 Å². The van der Waals surface area contributed by atoms with Gasteiger partial charge in [-0.25, -0.2) is 0 Å². The SMILES string of the molecule is Cn1ccc(/C=C2/C(=O)NC(=S)N(c3ccccc3)C2=O)c1. The number of para-hydroxylation sites is 1. The van der Waals surface area contributed by atoms with Crippen molar-refractivity contribution in [1.29, 1.82) is 0 Å². The minimum atomic E-state index is -0.481. The van der Waals surface area contributed by atoms with E-state index in [1.165, 1.54) is 4.90 Å². The smallest absolute Gasteiger partial charge is 0.270 e. The van der Waals surface area contributed by atoms with Crippen molar-refractivity contribution in [2.75, 3.05) is 4.90 Å². The maximum Gasteiger partial charge on any atom is 0.270 e. The van der Waals surface area contributed by atoms with Gasteiger partial charge in [0.05, 0.1) is 5.69 Å². The third kappa shape index (κ3) is 2.56. The van der Waals surface area contributed by atoms with Gasteiger partial charge in [0.25, 0.3) is 11.8 Å². The van der Waals surface area contributed by atoms with Crippen LogP contribution in [0.2, 0.25) is 0 Å². The summed E-state index contributed by atoms with van der Waals surface area (Å²) in [5, 5.41) is 2.65. The standard InChI is InChI=1S/C16H13N3O2S/c1-18-8-7-11(10-18)9-13-14(20)17-16(22)19(15(13)21)12-5-3-2-4-6-12/h2-10H,1H3,(H,17,20,22)/b13-9-. The zero-order valence-corrected chi connectivity index (χ0v) is 12.6. The maximum absolute atomic E-state index is 12.7. The fraction of sp³-hybridized carbons (Fsp3) is 0.0625. The largest absolute Gasteiger partial charge is 0.357 e. The molecule has 0 radical (unpaired) electrons. The lowest BCUT2D eigenvalue weighted by Gasteiger charge is -2.28. The number of hydrogen-bond acceptors (Lipinski definition) is 3. The van der Waals surface area contributed by atoms with Crippen molar-refractivity contribution in [2.24, 2.45) is 7.05 Å². The van der Waals surface area contributed by atoms with Crippen molar-refractivity contribution in [3.05, 3.63) is 59.9 Å². The fourth-order valence-electron chi connectivity index (χ4n) is 2.25. The topological polar surface area (TPSA) is 54.3 Å². The molecule has 2 aromatic rings. The summed E-state index contributed by atoms with van der Waals surface area (Å²) < 4.78 is 1.84. The van der Waals surface area contributed by atoms with Crippen molar-refractivity contribution in [2.45, 2.75) is 0 Å². The molecule has 110 valence electrons. The highest BCUT2D eigenvalue weighted by Crippen LogP contribution is 2.21. The molecule has 0 atom stereocenters. The Labute approximate surface area is 132 Å². The fourth-order valence-corrected chi connectivity index (χ4v) is 2.53. The first-order valence-corrected chi connectivity index (χ1v) is 7.05. The van der Waals surface area contributed by atoms with Gasteiger partial charge in [0.15, 0.2) is 5.11 Å². The molecular weight excluding hydrogens is 298 g/mol. The number of carbonyl (C=O) groups excluding carboxylic acids is 2. The average Bonchev–Trinajstić information content (AvgIpc) is 2.90. The Kier molecular flexibility index (Phi) is 3.60. The molecule has 2 heterocycles. The molecular formula is C16H13N3O2S. The van der Waals surface area contributed by atoms with Gasteiger partial charge in [-0.3, -0.25) is 19.8 Å². The maximum atomic E-state index is 12.7. The molecule has 1 fully saturated rings. The lowest BCUT2D eigenvalue weighted by Crippen LogP contribution is -2.54. The second-order valence-electron chi connectivity index (χ2n) is 4.90. The summed E-state index contributed by atoms with van der Waals surface area (Å²) in [6.45, 7) is 0.